The number of hydrogen-bond acceptors (Lipinski definition) is 6. The van der Waals surface area contributed by atoms with Gasteiger partial charge in [0.25, 0.3) is 0 Å². The van der Waals surface area contributed by atoms with Crippen molar-refractivity contribution in [2.75, 3.05) is 19.0 Å². The Morgan fingerprint density at radius 3 is 2.55 bits per heavy atom. The summed E-state index contributed by atoms with van der Waals surface area (Å²) in [6.07, 6.45) is 5.87. The molecule has 3 aromatic rings. The van der Waals surface area contributed by atoms with Crippen molar-refractivity contribution in [2.45, 2.75) is 53.6 Å². The highest BCUT2D eigenvalue weighted by molar-refractivity contribution is 7.17. The molecule has 1 N–H and O–H groups in total. The first-order valence-corrected chi connectivity index (χ1v) is 14.6. The highest BCUT2D eigenvalue weighted by atomic mass is 35.5. The summed E-state index contributed by atoms with van der Waals surface area (Å²) in [4.78, 5) is 27.0. The Balaban J connectivity index is 1.47. The fraction of sp³-hybridized carbons (Fsp3) is 0.375. The topological polar surface area (TPSA) is 73.9 Å². The summed E-state index contributed by atoms with van der Waals surface area (Å²) in [6, 6.07) is 12.9. The summed E-state index contributed by atoms with van der Waals surface area (Å²) in [5.74, 6) is 0.965. The van der Waals surface area contributed by atoms with Gasteiger partial charge in [-0.2, -0.15) is 0 Å². The van der Waals surface area contributed by atoms with Crippen LogP contribution in [0.25, 0.3) is 6.08 Å². The Morgan fingerprint density at radius 2 is 1.88 bits per heavy atom. The van der Waals surface area contributed by atoms with Gasteiger partial charge in [0.05, 0.1) is 19.3 Å². The van der Waals surface area contributed by atoms with Crippen LogP contribution in [0, 0.1) is 11.3 Å². The van der Waals surface area contributed by atoms with Gasteiger partial charge in [-0.05, 0) is 84.6 Å². The van der Waals surface area contributed by atoms with Gasteiger partial charge in [-0.25, -0.2) is 4.79 Å². The maximum Gasteiger partial charge on any atom is 0.341 e. The normalized spacial score (nSPS) is 15.0. The van der Waals surface area contributed by atoms with E-state index in [1.54, 1.807) is 20.1 Å². The van der Waals surface area contributed by atoms with Gasteiger partial charge in [0.1, 0.15) is 11.6 Å². The van der Waals surface area contributed by atoms with E-state index in [1.165, 1.54) is 17.4 Å². The monoisotopic (exact) mass is 581 g/mol. The lowest BCUT2D eigenvalue weighted by Crippen LogP contribution is -2.26. The second-order valence-corrected chi connectivity index (χ2v) is 12.4. The minimum absolute atomic E-state index is 0.176. The van der Waals surface area contributed by atoms with Gasteiger partial charge < -0.3 is 19.5 Å². The van der Waals surface area contributed by atoms with E-state index in [9.17, 15) is 9.59 Å². The molecule has 1 aliphatic carbocycles. The van der Waals surface area contributed by atoms with Crippen LogP contribution in [-0.2, 0) is 29.0 Å². The number of fused-ring (bicyclic) bond motifs is 1. The van der Waals surface area contributed by atoms with Gasteiger partial charge in [-0.3, -0.25) is 4.79 Å². The number of ether oxygens (including phenoxy) is 3. The average Bonchev–Trinajstić information content (AvgIpc) is 3.28. The number of nitrogens with one attached hydrogen (secondary N) is 1. The lowest BCUT2D eigenvalue weighted by molar-refractivity contribution is -0.111. The largest absolute Gasteiger partial charge is 0.493 e. The molecule has 0 bridgehead atoms. The number of carbonyl (C=O) groups is 2. The fourth-order valence-corrected chi connectivity index (χ4v) is 6.25. The predicted molar refractivity (Wildman–Crippen MR) is 162 cm³/mol. The van der Waals surface area contributed by atoms with Gasteiger partial charge in [-0.15, -0.1) is 11.3 Å². The van der Waals surface area contributed by atoms with Crippen molar-refractivity contribution in [1.82, 2.24) is 0 Å². The predicted octanol–water partition coefficient (Wildman–Crippen LogP) is 7.97. The minimum Gasteiger partial charge on any atom is -0.493 e. The highest BCUT2D eigenvalue weighted by Gasteiger charge is 2.34. The number of benzene rings is 2. The van der Waals surface area contributed by atoms with Crippen molar-refractivity contribution in [3.05, 3.63) is 80.7 Å². The van der Waals surface area contributed by atoms with Crippen molar-refractivity contribution in [3.8, 4) is 11.5 Å². The zero-order valence-corrected chi connectivity index (χ0v) is 25.2. The molecule has 1 atom stereocenters. The molecule has 1 aliphatic rings. The zero-order chi connectivity index (χ0) is 28.9. The van der Waals surface area contributed by atoms with E-state index >= 15 is 0 Å². The summed E-state index contributed by atoms with van der Waals surface area (Å²) < 4.78 is 16.8. The molecule has 8 heteroatoms. The lowest BCUT2D eigenvalue weighted by Gasteiger charge is -2.33. The molecule has 1 aromatic heterocycles. The number of amides is 1. The maximum absolute atomic E-state index is 13.0. The van der Waals surface area contributed by atoms with Gasteiger partial charge in [0.2, 0.25) is 5.91 Å². The Bertz CT molecular complexity index is 1390. The van der Waals surface area contributed by atoms with E-state index in [4.69, 9.17) is 25.8 Å². The second kappa shape index (κ2) is 12.9. The van der Waals surface area contributed by atoms with Crippen LogP contribution in [0.2, 0.25) is 5.02 Å². The third-order valence-corrected chi connectivity index (χ3v) is 8.55. The molecule has 1 amide bonds. The summed E-state index contributed by atoms with van der Waals surface area (Å²) in [7, 11) is 1.57. The molecule has 0 spiro atoms. The SMILES string of the molecule is CCOC(=O)c1c(NC(=O)C=Cc2ccc(OCc3ccc(Cl)cc3)c(OC)c2)sc2c1CCC(C(C)(C)C)C2. The summed E-state index contributed by atoms with van der Waals surface area (Å²) >= 11 is 7.44. The van der Waals surface area contributed by atoms with E-state index in [-0.39, 0.29) is 23.9 Å². The van der Waals surface area contributed by atoms with E-state index < -0.39 is 0 Å². The zero-order valence-electron chi connectivity index (χ0n) is 23.6. The van der Waals surface area contributed by atoms with Crippen LogP contribution < -0.4 is 14.8 Å². The number of anilines is 1. The quantitative estimate of drug-likeness (QED) is 0.205. The average molecular weight is 582 g/mol. The van der Waals surface area contributed by atoms with Crippen molar-refractivity contribution in [2.24, 2.45) is 11.3 Å². The van der Waals surface area contributed by atoms with E-state index in [2.05, 4.69) is 26.1 Å². The molecule has 1 heterocycles. The molecule has 6 nitrogen and oxygen atoms in total. The number of halogens is 1. The first kappa shape index (κ1) is 29.7. The first-order chi connectivity index (χ1) is 19.1. The van der Waals surface area contributed by atoms with E-state index in [1.807, 2.05) is 42.5 Å². The summed E-state index contributed by atoms with van der Waals surface area (Å²) in [5.41, 5.74) is 3.45. The van der Waals surface area contributed by atoms with Crippen molar-refractivity contribution >= 4 is 45.9 Å². The van der Waals surface area contributed by atoms with Crippen LogP contribution in [0.4, 0.5) is 5.00 Å². The number of methoxy groups -OCH3 is 1. The molecular formula is C32H36ClNO5S. The number of esters is 1. The van der Waals surface area contributed by atoms with Crippen LogP contribution in [-0.4, -0.2) is 25.6 Å². The number of hydrogen-bond donors (Lipinski definition) is 1. The highest BCUT2D eigenvalue weighted by Crippen LogP contribution is 2.44. The van der Waals surface area contributed by atoms with Crippen LogP contribution >= 0.6 is 22.9 Å². The third kappa shape index (κ3) is 7.26. The van der Waals surface area contributed by atoms with Crippen molar-refractivity contribution in [1.29, 1.82) is 0 Å². The molecule has 4 rings (SSSR count). The fourth-order valence-electron chi connectivity index (χ4n) is 4.81. The summed E-state index contributed by atoms with van der Waals surface area (Å²) in [5, 5.41) is 4.16. The number of thiophene rings is 1. The maximum atomic E-state index is 13.0. The lowest BCUT2D eigenvalue weighted by atomic mass is 9.72. The van der Waals surface area contributed by atoms with Gasteiger partial charge in [0, 0.05) is 16.0 Å². The summed E-state index contributed by atoms with van der Waals surface area (Å²) in [6.45, 7) is 9.20. The molecule has 0 saturated heterocycles. The van der Waals surface area contributed by atoms with Gasteiger partial charge in [0.15, 0.2) is 11.5 Å². The molecule has 0 radical (unpaired) electrons. The third-order valence-electron chi connectivity index (χ3n) is 7.13. The molecule has 1 unspecified atom stereocenters. The smallest absolute Gasteiger partial charge is 0.341 e. The standard InChI is InChI=1S/C32H36ClNO5S/c1-6-38-31(36)29-24-14-11-22(32(2,3)4)18-27(24)40-30(29)34-28(35)16-10-20-9-15-25(26(17-20)37-5)39-19-21-7-12-23(33)13-8-21/h7-10,12-13,15-17,22H,6,11,14,18-19H2,1-5H3,(H,34,35). The van der Waals surface area contributed by atoms with Gasteiger partial charge in [-0.1, -0.05) is 50.6 Å². The van der Waals surface area contributed by atoms with E-state index in [0.717, 1.165) is 40.8 Å². The Hall–Kier alpha value is -3.29. The van der Waals surface area contributed by atoms with Crippen LogP contribution in [0.15, 0.2) is 48.5 Å². The molecule has 0 fully saturated rings. The first-order valence-electron chi connectivity index (χ1n) is 13.4. The molecule has 0 aliphatic heterocycles. The second-order valence-electron chi connectivity index (χ2n) is 10.9. The number of rotatable bonds is 9. The van der Waals surface area contributed by atoms with Crippen LogP contribution in [0.1, 0.15) is 66.0 Å². The molecule has 212 valence electrons. The Morgan fingerprint density at radius 1 is 1.12 bits per heavy atom. The van der Waals surface area contributed by atoms with E-state index in [0.29, 0.717) is 39.6 Å². The molecule has 2 aromatic carbocycles. The molecule has 0 saturated carbocycles. The van der Waals surface area contributed by atoms with Crippen molar-refractivity contribution in [3.63, 3.8) is 0 Å². The van der Waals surface area contributed by atoms with Crippen LogP contribution in [0.3, 0.4) is 0 Å². The molecule has 40 heavy (non-hydrogen) atoms. The number of carbonyl (C=O) groups excluding carboxylic acids is 2. The minimum atomic E-state index is -0.382. The molecular weight excluding hydrogens is 546 g/mol. The Kier molecular flexibility index (Phi) is 9.59. The Labute approximate surface area is 245 Å². The van der Waals surface area contributed by atoms with Crippen LogP contribution in [0.5, 0.6) is 11.5 Å². The van der Waals surface area contributed by atoms with Crippen molar-refractivity contribution < 1.29 is 23.8 Å². The van der Waals surface area contributed by atoms with Gasteiger partial charge >= 0.3 is 5.97 Å².